The van der Waals surface area contributed by atoms with Gasteiger partial charge in [0.2, 0.25) is 0 Å². The molecule has 0 spiro atoms. The molecule has 1 saturated heterocycles. The van der Waals surface area contributed by atoms with Gasteiger partial charge in [-0.25, -0.2) is 0 Å². The zero-order valence-electron chi connectivity index (χ0n) is 16.9. The van der Waals surface area contributed by atoms with Crippen molar-refractivity contribution in [3.8, 4) is 17.2 Å². The van der Waals surface area contributed by atoms with E-state index in [1.54, 1.807) is 14.2 Å². The van der Waals surface area contributed by atoms with Crippen LogP contribution in [0.3, 0.4) is 0 Å². The second-order valence-corrected chi connectivity index (χ2v) is 6.84. The lowest BCUT2D eigenvalue weighted by atomic mass is 10.1. The van der Waals surface area contributed by atoms with E-state index in [0.29, 0.717) is 17.9 Å². The Labute approximate surface area is 166 Å². The number of benzene rings is 2. The van der Waals surface area contributed by atoms with E-state index in [-0.39, 0.29) is 5.91 Å². The van der Waals surface area contributed by atoms with Crippen LogP contribution >= 0.6 is 0 Å². The Morgan fingerprint density at radius 3 is 2.39 bits per heavy atom. The van der Waals surface area contributed by atoms with Gasteiger partial charge in [0, 0.05) is 5.56 Å². The fraction of sp³-hybridized carbons (Fsp3) is 0.409. The normalized spacial score (nSPS) is 14.6. The van der Waals surface area contributed by atoms with Crippen LogP contribution in [-0.4, -0.2) is 57.8 Å². The first-order chi connectivity index (χ1) is 13.7. The summed E-state index contributed by atoms with van der Waals surface area (Å²) in [4.78, 5) is 16.2. The van der Waals surface area contributed by atoms with Crippen LogP contribution in [0.1, 0.15) is 22.8 Å². The minimum absolute atomic E-state index is 0.0413. The lowest BCUT2D eigenvalue weighted by molar-refractivity contribution is -0.917. The molecule has 28 heavy (non-hydrogen) atoms. The van der Waals surface area contributed by atoms with Gasteiger partial charge in [-0.1, -0.05) is 12.1 Å². The summed E-state index contributed by atoms with van der Waals surface area (Å²) in [6.45, 7) is 6.78. The second kappa shape index (κ2) is 9.46. The zero-order chi connectivity index (χ0) is 19.9. The molecular weight excluding hydrogens is 356 g/mol. The van der Waals surface area contributed by atoms with Gasteiger partial charge < -0.3 is 24.0 Å². The maximum absolute atomic E-state index is 12.8. The summed E-state index contributed by atoms with van der Waals surface area (Å²) in [6, 6.07) is 13.5. The molecule has 6 nitrogen and oxygen atoms in total. The summed E-state index contributed by atoms with van der Waals surface area (Å²) in [5.41, 5.74) is 1.84. The molecule has 0 radical (unpaired) electrons. The van der Waals surface area contributed by atoms with Crippen LogP contribution in [0.15, 0.2) is 42.5 Å². The number of hydrogen-bond donors (Lipinski definition) is 1. The van der Waals surface area contributed by atoms with E-state index in [1.165, 1.54) is 10.5 Å². The molecule has 1 fully saturated rings. The van der Waals surface area contributed by atoms with E-state index in [4.69, 9.17) is 14.2 Å². The van der Waals surface area contributed by atoms with E-state index < -0.39 is 0 Å². The molecule has 2 aromatic carbocycles. The third kappa shape index (κ3) is 4.57. The highest BCUT2D eigenvalue weighted by Gasteiger charge is 2.26. The van der Waals surface area contributed by atoms with Crippen molar-refractivity contribution in [3.05, 3.63) is 53.6 Å². The number of rotatable bonds is 7. The summed E-state index contributed by atoms with van der Waals surface area (Å²) in [6.07, 6.45) is 0. The molecule has 1 heterocycles. The first-order valence-electron chi connectivity index (χ1n) is 9.71. The molecule has 0 aromatic heterocycles. The number of nitrogens with one attached hydrogen (secondary N) is 1. The smallest absolute Gasteiger partial charge is 0.258 e. The molecule has 0 saturated carbocycles. The molecule has 0 aliphatic carbocycles. The van der Waals surface area contributed by atoms with Crippen LogP contribution in [0.5, 0.6) is 17.2 Å². The minimum Gasteiger partial charge on any atom is -0.496 e. The molecule has 1 N–H and O–H groups in total. The van der Waals surface area contributed by atoms with Crippen molar-refractivity contribution < 1.29 is 23.9 Å². The summed E-state index contributed by atoms with van der Waals surface area (Å²) in [7, 11) is 3.25. The van der Waals surface area contributed by atoms with Gasteiger partial charge in [-0.05, 0) is 37.3 Å². The highest BCUT2D eigenvalue weighted by molar-refractivity contribution is 5.97. The van der Waals surface area contributed by atoms with Crippen molar-refractivity contribution in [1.29, 1.82) is 0 Å². The van der Waals surface area contributed by atoms with Crippen LogP contribution in [0.4, 0.5) is 0 Å². The second-order valence-electron chi connectivity index (χ2n) is 6.84. The van der Waals surface area contributed by atoms with Gasteiger partial charge in [0.1, 0.15) is 12.3 Å². The quantitative estimate of drug-likeness (QED) is 0.787. The fourth-order valence-electron chi connectivity index (χ4n) is 3.58. The highest BCUT2D eigenvalue weighted by atomic mass is 16.5. The van der Waals surface area contributed by atoms with E-state index in [1.807, 2.05) is 42.2 Å². The molecule has 3 rings (SSSR count). The number of methoxy groups -OCH3 is 2. The standard InChI is InChI=1S/C22H28N2O4/c1-4-28-21-15-17(9-10-20(21)27-3)16-23-11-13-24(14-12-23)22(25)18-7-5-6-8-19(18)26-2/h5-10,15H,4,11-14,16H2,1-3H3/p+1. The number of nitrogens with zero attached hydrogens (tertiary/aromatic N) is 1. The number of piperazine rings is 1. The summed E-state index contributed by atoms with van der Waals surface area (Å²) >= 11 is 0. The Kier molecular flexibility index (Phi) is 6.76. The first kappa shape index (κ1) is 20.0. The lowest BCUT2D eigenvalue weighted by Gasteiger charge is -2.32. The van der Waals surface area contributed by atoms with E-state index in [0.717, 1.165) is 44.2 Å². The molecule has 2 aromatic rings. The van der Waals surface area contributed by atoms with Gasteiger partial charge in [0.05, 0.1) is 52.6 Å². The Bertz CT molecular complexity index is 801. The predicted octanol–water partition coefficient (Wildman–Crippen LogP) is 1.64. The maximum Gasteiger partial charge on any atom is 0.258 e. The monoisotopic (exact) mass is 385 g/mol. The van der Waals surface area contributed by atoms with E-state index >= 15 is 0 Å². The Morgan fingerprint density at radius 2 is 1.71 bits per heavy atom. The van der Waals surface area contributed by atoms with Gasteiger partial charge in [-0.3, -0.25) is 4.79 Å². The molecule has 1 aliphatic rings. The summed E-state index contributed by atoms with van der Waals surface area (Å²) in [5, 5.41) is 0. The van der Waals surface area contributed by atoms with Crippen LogP contribution < -0.4 is 19.1 Å². The summed E-state index contributed by atoms with van der Waals surface area (Å²) < 4.78 is 16.4. The Morgan fingerprint density at radius 1 is 1.00 bits per heavy atom. The van der Waals surface area contributed by atoms with Gasteiger partial charge >= 0.3 is 0 Å². The highest BCUT2D eigenvalue weighted by Crippen LogP contribution is 2.27. The number of carbonyl (C=O) groups excluding carboxylic acids is 1. The number of ether oxygens (including phenoxy) is 3. The van der Waals surface area contributed by atoms with Gasteiger partial charge in [-0.2, -0.15) is 0 Å². The number of amides is 1. The molecule has 0 atom stereocenters. The van der Waals surface area contributed by atoms with E-state index in [9.17, 15) is 4.79 Å². The predicted molar refractivity (Wildman–Crippen MR) is 107 cm³/mol. The fourth-order valence-corrected chi connectivity index (χ4v) is 3.58. The van der Waals surface area contributed by atoms with Crippen molar-refractivity contribution in [2.45, 2.75) is 13.5 Å². The van der Waals surface area contributed by atoms with Crippen LogP contribution in [-0.2, 0) is 6.54 Å². The molecule has 0 bridgehead atoms. The van der Waals surface area contributed by atoms with Crippen LogP contribution in [0, 0.1) is 0 Å². The van der Waals surface area contributed by atoms with Crippen molar-refractivity contribution in [3.63, 3.8) is 0 Å². The SMILES string of the molecule is CCOc1cc(C[NH+]2CCN(C(=O)c3ccccc3OC)CC2)ccc1OC. The molecule has 1 aliphatic heterocycles. The lowest BCUT2D eigenvalue weighted by Crippen LogP contribution is -3.13. The van der Waals surface area contributed by atoms with Gasteiger partial charge in [0.15, 0.2) is 11.5 Å². The average molecular weight is 385 g/mol. The summed E-state index contributed by atoms with van der Waals surface area (Å²) in [5.74, 6) is 2.21. The van der Waals surface area contributed by atoms with E-state index in [2.05, 4.69) is 12.1 Å². The Balaban J connectivity index is 1.60. The van der Waals surface area contributed by atoms with Crippen molar-refractivity contribution in [2.75, 3.05) is 47.0 Å². The van der Waals surface area contributed by atoms with Crippen LogP contribution in [0.25, 0.3) is 0 Å². The number of para-hydroxylation sites is 1. The van der Waals surface area contributed by atoms with Gasteiger partial charge in [0.25, 0.3) is 5.91 Å². The molecule has 6 heteroatoms. The topological polar surface area (TPSA) is 52.4 Å². The van der Waals surface area contributed by atoms with Crippen molar-refractivity contribution in [2.24, 2.45) is 0 Å². The maximum atomic E-state index is 12.8. The molecular formula is C22H29N2O4+. The molecule has 1 amide bonds. The number of carbonyl (C=O) groups is 1. The largest absolute Gasteiger partial charge is 0.496 e. The van der Waals surface area contributed by atoms with Crippen molar-refractivity contribution in [1.82, 2.24) is 4.90 Å². The third-order valence-corrected chi connectivity index (χ3v) is 5.08. The zero-order valence-corrected chi connectivity index (χ0v) is 16.9. The number of quaternary nitrogens is 1. The number of hydrogen-bond acceptors (Lipinski definition) is 4. The van der Waals surface area contributed by atoms with Crippen LogP contribution in [0.2, 0.25) is 0 Å². The molecule has 150 valence electrons. The third-order valence-electron chi connectivity index (χ3n) is 5.08. The average Bonchev–Trinajstić information content (AvgIpc) is 2.74. The first-order valence-corrected chi connectivity index (χ1v) is 9.71. The molecule has 0 unspecified atom stereocenters. The van der Waals surface area contributed by atoms with Gasteiger partial charge in [-0.15, -0.1) is 0 Å². The Hall–Kier alpha value is -2.73. The minimum atomic E-state index is 0.0413. The van der Waals surface area contributed by atoms with Crippen molar-refractivity contribution >= 4 is 5.91 Å².